The summed E-state index contributed by atoms with van der Waals surface area (Å²) in [5.74, 6) is -0.917. The lowest BCUT2D eigenvalue weighted by atomic mass is 10.2. The molecule has 3 aromatic rings. The van der Waals surface area contributed by atoms with Crippen LogP contribution in [0.25, 0.3) is 11.3 Å². The van der Waals surface area contributed by atoms with Gasteiger partial charge in [0.1, 0.15) is 5.88 Å². The molecule has 8 heteroatoms. The molecular formula is C18H13Cl2N3O2S. The van der Waals surface area contributed by atoms with E-state index in [0.717, 1.165) is 5.56 Å². The van der Waals surface area contributed by atoms with Crippen molar-refractivity contribution in [3.05, 3.63) is 75.4 Å². The largest absolute Gasteiger partial charge is 0.273 e. The summed E-state index contributed by atoms with van der Waals surface area (Å²) in [6, 6.07) is 15.8. The Bertz CT molecular complexity index is 995. The Hall–Kier alpha value is -2.41. The molecule has 0 aliphatic heterocycles. The lowest BCUT2D eigenvalue weighted by Crippen LogP contribution is -2.29. The van der Waals surface area contributed by atoms with Crippen LogP contribution in [-0.2, 0) is 0 Å². The molecule has 3 rings (SSSR count). The van der Waals surface area contributed by atoms with Gasteiger partial charge in [-0.05, 0) is 29.8 Å². The molecule has 0 fully saturated rings. The Morgan fingerprint density at radius 2 is 1.77 bits per heavy atom. The molecule has 0 radical (unpaired) electrons. The number of alkyl halides is 1. The van der Waals surface area contributed by atoms with E-state index in [-0.39, 0.29) is 17.7 Å². The number of hydrogen-bond donors (Lipinski definition) is 1. The predicted molar refractivity (Wildman–Crippen MR) is 104 cm³/mol. The van der Waals surface area contributed by atoms with E-state index in [0.29, 0.717) is 21.1 Å². The van der Waals surface area contributed by atoms with Crippen LogP contribution in [0.1, 0.15) is 15.2 Å². The summed E-state index contributed by atoms with van der Waals surface area (Å²) < 4.78 is 1.38. The second-order valence-corrected chi connectivity index (χ2v) is 6.73. The van der Waals surface area contributed by atoms with Gasteiger partial charge in [0.15, 0.2) is 0 Å². The van der Waals surface area contributed by atoms with Crippen LogP contribution in [0.5, 0.6) is 0 Å². The average molecular weight is 406 g/mol. The van der Waals surface area contributed by atoms with Crippen molar-refractivity contribution in [2.45, 2.75) is 0 Å². The molecule has 0 saturated heterocycles. The molecule has 1 heterocycles. The normalized spacial score (nSPS) is 11.4. The number of carbonyl (C=O) groups is 2. The fourth-order valence-corrected chi connectivity index (χ4v) is 3.37. The first kappa shape index (κ1) is 18.4. The van der Waals surface area contributed by atoms with Crippen LogP contribution >= 0.6 is 34.5 Å². The maximum atomic E-state index is 12.3. The fourth-order valence-electron chi connectivity index (χ4n) is 2.26. The van der Waals surface area contributed by atoms with E-state index < -0.39 is 0 Å². The van der Waals surface area contributed by atoms with Crippen molar-refractivity contribution in [1.82, 2.24) is 9.99 Å². The molecule has 0 unspecified atom stereocenters. The third kappa shape index (κ3) is 4.04. The van der Waals surface area contributed by atoms with Crippen molar-refractivity contribution in [3.8, 4) is 11.3 Å². The van der Waals surface area contributed by atoms with Crippen molar-refractivity contribution in [2.24, 2.45) is 5.10 Å². The third-order valence-corrected chi connectivity index (χ3v) is 4.81. The van der Waals surface area contributed by atoms with E-state index in [4.69, 9.17) is 23.2 Å². The van der Waals surface area contributed by atoms with E-state index in [2.05, 4.69) is 10.5 Å². The SMILES string of the molecule is O=C(NN=c1scc(-c2ccc(Cl)cc2)n1C(=O)CCl)c1ccccc1. The minimum absolute atomic E-state index is 0.211. The Morgan fingerprint density at radius 1 is 1.08 bits per heavy atom. The van der Waals surface area contributed by atoms with E-state index in [9.17, 15) is 9.59 Å². The standard InChI is InChI=1S/C18H13Cl2N3O2S/c19-10-16(24)23-15(12-6-8-14(20)9-7-12)11-26-18(23)22-21-17(25)13-4-2-1-3-5-13/h1-9,11H,10H2,(H,21,25). The summed E-state index contributed by atoms with van der Waals surface area (Å²) in [7, 11) is 0. The number of rotatable bonds is 4. The average Bonchev–Trinajstić information content (AvgIpc) is 3.10. The van der Waals surface area contributed by atoms with Gasteiger partial charge in [0.25, 0.3) is 5.91 Å². The molecule has 1 amide bonds. The summed E-state index contributed by atoms with van der Waals surface area (Å²) in [6.45, 7) is 0. The minimum atomic E-state index is -0.364. The van der Waals surface area contributed by atoms with Crippen LogP contribution in [0.2, 0.25) is 5.02 Å². The van der Waals surface area contributed by atoms with Crippen molar-refractivity contribution >= 4 is 46.4 Å². The third-order valence-electron chi connectivity index (χ3n) is 3.50. The van der Waals surface area contributed by atoms with Gasteiger partial charge in [0, 0.05) is 16.0 Å². The zero-order valence-corrected chi connectivity index (χ0v) is 15.7. The lowest BCUT2D eigenvalue weighted by molar-refractivity contribution is 0.0926. The summed E-state index contributed by atoms with van der Waals surface area (Å²) >= 11 is 12.9. The highest BCUT2D eigenvalue weighted by molar-refractivity contribution is 7.07. The highest BCUT2D eigenvalue weighted by atomic mass is 35.5. The predicted octanol–water partition coefficient (Wildman–Crippen LogP) is 3.99. The molecule has 0 aliphatic carbocycles. The van der Waals surface area contributed by atoms with Gasteiger partial charge < -0.3 is 0 Å². The quantitative estimate of drug-likeness (QED) is 0.526. The van der Waals surface area contributed by atoms with Crippen LogP contribution in [-0.4, -0.2) is 22.3 Å². The minimum Gasteiger partial charge on any atom is -0.273 e. The number of thiazole rings is 1. The number of amides is 1. The first-order chi connectivity index (χ1) is 12.6. The summed E-state index contributed by atoms with van der Waals surface area (Å²) in [6.07, 6.45) is 0. The van der Waals surface area contributed by atoms with Crippen LogP contribution in [0.3, 0.4) is 0 Å². The van der Waals surface area contributed by atoms with Gasteiger partial charge in [-0.3, -0.25) is 14.2 Å². The number of benzene rings is 2. The Kier molecular flexibility index (Phi) is 5.88. The van der Waals surface area contributed by atoms with E-state index in [1.165, 1.54) is 15.9 Å². The maximum absolute atomic E-state index is 12.3. The van der Waals surface area contributed by atoms with Crippen LogP contribution < -0.4 is 10.2 Å². The molecule has 0 aliphatic rings. The number of nitrogens with zero attached hydrogens (tertiary/aromatic N) is 2. The lowest BCUT2D eigenvalue weighted by Gasteiger charge is -2.06. The van der Waals surface area contributed by atoms with E-state index >= 15 is 0 Å². The van der Waals surface area contributed by atoms with Crippen LogP contribution in [0.4, 0.5) is 0 Å². The Labute approximate surface area is 163 Å². The smallest absolute Gasteiger partial charge is 0.271 e. The van der Waals surface area contributed by atoms with Crippen molar-refractivity contribution in [2.75, 3.05) is 5.88 Å². The van der Waals surface area contributed by atoms with Crippen molar-refractivity contribution < 1.29 is 9.59 Å². The molecule has 1 N–H and O–H groups in total. The van der Waals surface area contributed by atoms with Crippen LogP contribution in [0, 0.1) is 0 Å². The number of nitrogens with one attached hydrogen (secondary N) is 1. The molecule has 26 heavy (non-hydrogen) atoms. The molecule has 0 bridgehead atoms. The van der Waals surface area contributed by atoms with Crippen molar-refractivity contribution in [3.63, 3.8) is 0 Å². The van der Waals surface area contributed by atoms with Gasteiger partial charge in [-0.25, -0.2) is 5.43 Å². The zero-order chi connectivity index (χ0) is 18.5. The molecule has 1 aromatic heterocycles. The second-order valence-electron chi connectivity index (χ2n) is 5.19. The zero-order valence-electron chi connectivity index (χ0n) is 13.4. The number of hydrogen-bond acceptors (Lipinski definition) is 4. The molecule has 0 saturated carbocycles. The van der Waals surface area contributed by atoms with Crippen molar-refractivity contribution in [1.29, 1.82) is 0 Å². The topological polar surface area (TPSA) is 63.5 Å². The molecule has 0 atom stereocenters. The molecular weight excluding hydrogens is 393 g/mol. The highest BCUT2D eigenvalue weighted by Gasteiger charge is 2.14. The van der Waals surface area contributed by atoms with Gasteiger partial charge in [0.05, 0.1) is 5.69 Å². The summed E-state index contributed by atoms with van der Waals surface area (Å²) in [5, 5.41) is 6.47. The second kappa shape index (κ2) is 8.31. The monoisotopic (exact) mass is 405 g/mol. The Morgan fingerprint density at radius 3 is 2.42 bits per heavy atom. The Balaban J connectivity index is 1.98. The van der Waals surface area contributed by atoms with Gasteiger partial charge in [-0.1, -0.05) is 41.9 Å². The number of halogens is 2. The molecule has 2 aromatic carbocycles. The summed E-state index contributed by atoms with van der Waals surface area (Å²) in [5.41, 5.74) is 4.36. The first-order valence-corrected chi connectivity index (χ1v) is 9.34. The molecule has 132 valence electrons. The van der Waals surface area contributed by atoms with Crippen LogP contribution in [0.15, 0.2) is 65.1 Å². The van der Waals surface area contributed by atoms with Gasteiger partial charge in [0.2, 0.25) is 10.7 Å². The van der Waals surface area contributed by atoms with Gasteiger partial charge >= 0.3 is 0 Å². The number of aromatic nitrogens is 1. The van der Waals surface area contributed by atoms with Gasteiger partial charge in [-0.2, -0.15) is 0 Å². The van der Waals surface area contributed by atoms with E-state index in [1.807, 2.05) is 6.07 Å². The first-order valence-electron chi connectivity index (χ1n) is 7.55. The fraction of sp³-hybridized carbons (Fsp3) is 0.0556. The van der Waals surface area contributed by atoms with E-state index in [1.54, 1.807) is 53.9 Å². The summed E-state index contributed by atoms with van der Waals surface area (Å²) in [4.78, 5) is 24.8. The maximum Gasteiger partial charge on any atom is 0.271 e. The number of carbonyl (C=O) groups excluding carboxylic acids is 2. The van der Waals surface area contributed by atoms with Gasteiger partial charge in [-0.15, -0.1) is 28.0 Å². The molecule has 0 spiro atoms. The highest BCUT2D eigenvalue weighted by Crippen LogP contribution is 2.22. The molecule has 5 nitrogen and oxygen atoms in total.